The Balaban J connectivity index is 2.09. The van der Waals surface area contributed by atoms with Crippen molar-refractivity contribution in [2.45, 2.75) is 57.4 Å². The summed E-state index contributed by atoms with van der Waals surface area (Å²) >= 11 is 0. The molecular weight excluding hydrogens is 326 g/mol. The summed E-state index contributed by atoms with van der Waals surface area (Å²) in [4.78, 5) is 0. The lowest BCUT2D eigenvalue weighted by molar-refractivity contribution is 0.173. The van der Waals surface area contributed by atoms with E-state index in [9.17, 15) is 13.5 Å². The van der Waals surface area contributed by atoms with Gasteiger partial charge in [0.2, 0.25) is 10.0 Å². The molecule has 0 saturated carbocycles. The standard InChI is InChI=1S/C17H31NO3SSi/c1-23(2,3)13-12-22(20,21)18-11-7-8-16(18)14-17(15-19)9-5-4-6-10-17/h5-6,9-10,16,19H,4,7-8,11-15H2,1-3H3/t16-/m0/s1. The van der Waals surface area contributed by atoms with Crippen LogP contribution in [0.4, 0.5) is 0 Å². The van der Waals surface area contributed by atoms with E-state index in [0.717, 1.165) is 25.3 Å². The largest absolute Gasteiger partial charge is 0.395 e. The zero-order chi connectivity index (χ0) is 17.1. The van der Waals surface area contributed by atoms with Crippen molar-refractivity contribution < 1.29 is 13.5 Å². The van der Waals surface area contributed by atoms with Gasteiger partial charge in [0, 0.05) is 26.1 Å². The molecule has 0 aromatic rings. The summed E-state index contributed by atoms with van der Waals surface area (Å²) in [6, 6.07) is 0.824. The van der Waals surface area contributed by atoms with Gasteiger partial charge in [0.05, 0.1) is 12.4 Å². The van der Waals surface area contributed by atoms with Gasteiger partial charge in [-0.1, -0.05) is 43.9 Å². The Kier molecular flexibility index (Phi) is 5.93. The van der Waals surface area contributed by atoms with Crippen LogP contribution >= 0.6 is 0 Å². The molecule has 0 radical (unpaired) electrons. The Hall–Kier alpha value is -0.433. The van der Waals surface area contributed by atoms with E-state index in [2.05, 4.69) is 43.9 Å². The molecule has 0 unspecified atom stereocenters. The number of aliphatic hydroxyl groups excluding tert-OH is 1. The van der Waals surface area contributed by atoms with Crippen molar-refractivity contribution in [3.8, 4) is 0 Å². The highest BCUT2D eigenvalue weighted by Gasteiger charge is 2.39. The minimum Gasteiger partial charge on any atom is -0.395 e. The van der Waals surface area contributed by atoms with Crippen molar-refractivity contribution in [3.63, 3.8) is 0 Å². The summed E-state index contributed by atoms with van der Waals surface area (Å²) in [5.74, 6) is 0.275. The van der Waals surface area contributed by atoms with Crippen molar-refractivity contribution >= 4 is 18.1 Å². The molecule has 2 rings (SSSR count). The lowest BCUT2D eigenvalue weighted by Gasteiger charge is -2.34. The van der Waals surface area contributed by atoms with Crippen LogP contribution in [0, 0.1) is 5.41 Å². The molecule has 0 bridgehead atoms. The Labute approximate surface area is 142 Å². The predicted molar refractivity (Wildman–Crippen MR) is 98.7 cm³/mol. The molecule has 1 atom stereocenters. The molecule has 2 aliphatic rings. The smallest absolute Gasteiger partial charge is 0.214 e. The van der Waals surface area contributed by atoms with Gasteiger partial charge in [0.15, 0.2) is 0 Å². The maximum Gasteiger partial charge on any atom is 0.214 e. The second kappa shape index (κ2) is 7.21. The molecule has 0 spiro atoms. The number of allylic oxidation sites excluding steroid dienone is 2. The lowest BCUT2D eigenvalue weighted by atomic mass is 9.79. The fraction of sp³-hybridized carbons (Fsp3) is 0.765. The molecule has 1 fully saturated rings. The molecule has 132 valence electrons. The van der Waals surface area contributed by atoms with Crippen LogP contribution in [-0.4, -0.2) is 50.8 Å². The van der Waals surface area contributed by atoms with Gasteiger partial charge < -0.3 is 5.11 Å². The molecular formula is C17H31NO3SSi. The van der Waals surface area contributed by atoms with E-state index in [1.54, 1.807) is 4.31 Å². The van der Waals surface area contributed by atoms with Crippen LogP contribution in [-0.2, 0) is 10.0 Å². The van der Waals surface area contributed by atoms with Gasteiger partial charge in [-0.25, -0.2) is 8.42 Å². The summed E-state index contributed by atoms with van der Waals surface area (Å²) in [5, 5.41) is 9.84. The van der Waals surface area contributed by atoms with Crippen LogP contribution in [0.15, 0.2) is 24.3 Å². The first-order valence-corrected chi connectivity index (χ1v) is 13.9. The second-order valence-electron chi connectivity index (χ2n) is 8.17. The van der Waals surface area contributed by atoms with E-state index in [1.807, 2.05) is 0 Å². The van der Waals surface area contributed by atoms with Crippen molar-refractivity contribution in [2.24, 2.45) is 5.41 Å². The van der Waals surface area contributed by atoms with Gasteiger partial charge in [0.1, 0.15) is 0 Å². The molecule has 1 saturated heterocycles. The Morgan fingerprint density at radius 2 is 1.91 bits per heavy atom. The average Bonchev–Trinajstić information content (AvgIpc) is 2.94. The third-order valence-corrected chi connectivity index (χ3v) is 8.90. The van der Waals surface area contributed by atoms with Gasteiger partial charge >= 0.3 is 0 Å². The number of nitrogens with zero attached hydrogens (tertiary/aromatic N) is 1. The third-order valence-electron chi connectivity index (χ3n) is 4.87. The zero-order valence-electron chi connectivity index (χ0n) is 14.7. The average molecular weight is 358 g/mol. The van der Waals surface area contributed by atoms with E-state index in [-0.39, 0.29) is 23.8 Å². The summed E-state index contributed by atoms with van der Waals surface area (Å²) in [5.41, 5.74) is -0.389. The number of sulfonamides is 1. The number of aliphatic hydroxyl groups is 1. The van der Waals surface area contributed by atoms with Crippen LogP contribution in [0.5, 0.6) is 0 Å². The topological polar surface area (TPSA) is 57.6 Å². The highest BCUT2D eigenvalue weighted by molar-refractivity contribution is 7.89. The number of hydrogen-bond acceptors (Lipinski definition) is 3. The van der Waals surface area contributed by atoms with Gasteiger partial charge in [-0.2, -0.15) is 4.31 Å². The van der Waals surface area contributed by atoms with Crippen LogP contribution in [0.2, 0.25) is 25.7 Å². The first-order valence-electron chi connectivity index (χ1n) is 8.63. The zero-order valence-corrected chi connectivity index (χ0v) is 16.5. The monoisotopic (exact) mass is 357 g/mol. The molecule has 23 heavy (non-hydrogen) atoms. The van der Waals surface area contributed by atoms with Gasteiger partial charge in [-0.3, -0.25) is 0 Å². The fourth-order valence-corrected chi connectivity index (χ4v) is 8.17. The molecule has 1 aliphatic carbocycles. The third kappa shape index (κ3) is 5.02. The normalized spacial score (nSPS) is 25.1. The molecule has 0 aromatic heterocycles. The van der Waals surface area contributed by atoms with Crippen LogP contribution in [0.1, 0.15) is 25.7 Å². The maximum absolute atomic E-state index is 12.8. The SMILES string of the molecule is C[Si](C)(C)CCS(=O)(=O)N1CCC[C@H]1CC1(CO)C=CCC=C1. The molecule has 6 heteroatoms. The minimum atomic E-state index is -3.19. The highest BCUT2D eigenvalue weighted by Crippen LogP contribution is 2.36. The van der Waals surface area contributed by atoms with Gasteiger partial charge in [0.25, 0.3) is 0 Å². The van der Waals surface area contributed by atoms with Crippen molar-refractivity contribution in [1.82, 2.24) is 4.31 Å². The summed E-state index contributed by atoms with van der Waals surface area (Å²) in [7, 11) is -4.56. The van der Waals surface area contributed by atoms with Crippen molar-refractivity contribution in [1.29, 1.82) is 0 Å². The highest BCUT2D eigenvalue weighted by atomic mass is 32.2. The predicted octanol–water partition coefficient (Wildman–Crippen LogP) is 3.00. The van der Waals surface area contributed by atoms with Crippen molar-refractivity contribution in [2.75, 3.05) is 18.9 Å². The Morgan fingerprint density at radius 1 is 1.26 bits per heavy atom. The Bertz CT molecular complexity index is 551. The lowest BCUT2D eigenvalue weighted by Crippen LogP contribution is -2.41. The van der Waals surface area contributed by atoms with E-state index in [4.69, 9.17) is 0 Å². The molecule has 1 heterocycles. The van der Waals surface area contributed by atoms with Gasteiger partial charge in [-0.15, -0.1) is 0 Å². The molecule has 4 nitrogen and oxygen atoms in total. The van der Waals surface area contributed by atoms with Gasteiger partial charge in [-0.05, 0) is 31.7 Å². The first-order chi connectivity index (χ1) is 10.7. The van der Waals surface area contributed by atoms with Crippen LogP contribution < -0.4 is 0 Å². The minimum absolute atomic E-state index is 0.0150. The van der Waals surface area contributed by atoms with Crippen LogP contribution in [0.25, 0.3) is 0 Å². The summed E-state index contributed by atoms with van der Waals surface area (Å²) < 4.78 is 27.3. The van der Waals surface area contributed by atoms with E-state index < -0.39 is 18.1 Å². The summed E-state index contributed by atoms with van der Waals surface area (Å²) in [6.07, 6.45) is 11.6. The number of hydrogen-bond donors (Lipinski definition) is 1. The first kappa shape index (κ1) is 18.9. The maximum atomic E-state index is 12.8. The summed E-state index contributed by atoms with van der Waals surface area (Å²) in [6.45, 7) is 7.31. The van der Waals surface area contributed by atoms with E-state index in [1.165, 1.54) is 0 Å². The van der Waals surface area contributed by atoms with Crippen LogP contribution in [0.3, 0.4) is 0 Å². The van der Waals surface area contributed by atoms with E-state index >= 15 is 0 Å². The van der Waals surface area contributed by atoms with E-state index in [0.29, 0.717) is 13.0 Å². The molecule has 0 amide bonds. The van der Waals surface area contributed by atoms with Crippen molar-refractivity contribution in [3.05, 3.63) is 24.3 Å². The quantitative estimate of drug-likeness (QED) is 0.563. The number of rotatable bonds is 7. The molecule has 1 aliphatic heterocycles. The second-order valence-corrected chi connectivity index (χ2v) is 15.8. The Morgan fingerprint density at radius 3 is 2.48 bits per heavy atom. The fourth-order valence-electron chi connectivity index (χ4n) is 3.42. The molecule has 0 aromatic carbocycles. The molecule has 1 N–H and O–H groups in total.